The maximum atomic E-state index is 13.9. The zero-order valence-corrected chi connectivity index (χ0v) is 21.1. The number of ketones is 1. The van der Waals surface area contributed by atoms with E-state index in [1.54, 1.807) is 20.4 Å². The standard InChI is InChI=1S/C30H28N4O3/c1-18-27-28(20-8-7-13-31-17-20)29-23(32-30(27)34(33-18)22-9-5-4-6-10-22)14-21(15-24(29)35)19-11-12-25(36-2)26(16-19)37-3/h4-13,16-17,21,28,32H,14-15H2,1-3H3/t21-,28+/m1/s1. The van der Waals surface area contributed by atoms with Crippen LogP contribution in [-0.2, 0) is 4.79 Å². The van der Waals surface area contributed by atoms with Gasteiger partial charge in [-0.15, -0.1) is 0 Å². The van der Waals surface area contributed by atoms with Crippen LogP contribution in [0, 0.1) is 6.92 Å². The van der Waals surface area contributed by atoms with Crippen molar-refractivity contribution < 1.29 is 14.3 Å². The lowest BCUT2D eigenvalue weighted by Crippen LogP contribution is -2.30. The van der Waals surface area contributed by atoms with Crippen LogP contribution in [0.25, 0.3) is 5.69 Å². The van der Waals surface area contributed by atoms with Gasteiger partial charge in [0.25, 0.3) is 0 Å². The molecule has 186 valence electrons. The van der Waals surface area contributed by atoms with Crippen LogP contribution in [0.15, 0.2) is 84.3 Å². The number of pyridine rings is 1. The molecule has 0 radical (unpaired) electrons. The van der Waals surface area contributed by atoms with E-state index in [9.17, 15) is 4.79 Å². The highest BCUT2D eigenvalue weighted by molar-refractivity contribution is 6.01. The lowest BCUT2D eigenvalue weighted by Gasteiger charge is -2.35. The van der Waals surface area contributed by atoms with Crippen LogP contribution >= 0.6 is 0 Å². The number of carbonyl (C=O) groups is 1. The number of aryl methyl sites for hydroxylation is 1. The van der Waals surface area contributed by atoms with Crippen LogP contribution in [0.1, 0.15) is 47.1 Å². The summed E-state index contributed by atoms with van der Waals surface area (Å²) in [5.74, 6) is 2.17. The van der Waals surface area contributed by atoms with Crippen LogP contribution in [0.2, 0.25) is 0 Å². The number of nitrogens with zero attached hydrogens (tertiary/aromatic N) is 3. The number of ether oxygens (including phenoxy) is 2. The summed E-state index contributed by atoms with van der Waals surface area (Å²) in [4.78, 5) is 18.3. The first-order chi connectivity index (χ1) is 18.1. The van der Waals surface area contributed by atoms with Crippen LogP contribution in [0.3, 0.4) is 0 Å². The fourth-order valence-electron chi connectivity index (χ4n) is 5.66. The minimum atomic E-state index is -0.226. The van der Waals surface area contributed by atoms with E-state index >= 15 is 0 Å². The van der Waals surface area contributed by atoms with E-state index in [0.717, 1.165) is 45.2 Å². The molecule has 4 aromatic rings. The first kappa shape index (κ1) is 23.0. The number of anilines is 1. The number of Topliss-reactive ketones (excluding diaryl/α,β-unsaturated/α-hetero) is 1. The van der Waals surface area contributed by atoms with Gasteiger partial charge in [-0.2, -0.15) is 5.10 Å². The van der Waals surface area contributed by atoms with Crippen molar-refractivity contribution in [2.45, 2.75) is 31.6 Å². The van der Waals surface area contributed by atoms with Gasteiger partial charge in [-0.25, -0.2) is 4.68 Å². The molecule has 0 spiro atoms. The third-order valence-electron chi connectivity index (χ3n) is 7.36. The predicted octanol–water partition coefficient (Wildman–Crippen LogP) is 5.55. The van der Waals surface area contributed by atoms with Gasteiger partial charge in [0.15, 0.2) is 17.3 Å². The normalized spacial score (nSPS) is 18.6. The van der Waals surface area contributed by atoms with E-state index in [4.69, 9.17) is 14.6 Å². The van der Waals surface area contributed by atoms with E-state index in [-0.39, 0.29) is 17.6 Å². The molecule has 2 aromatic carbocycles. The van der Waals surface area contributed by atoms with E-state index in [1.807, 2.05) is 78.5 Å². The number of benzene rings is 2. The second-order valence-corrected chi connectivity index (χ2v) is 9.47. The number of hydrogen-bond acceptors (Lipinski definition) is 6. The second-order valence-electron chi connectivity index (χ2n) is 9.47. The van der Waals surface area contributed by atoms with Crippen molar-refractivity contribution in [2.75, 3.05) is 19.5 Å². The monoisotopic (exact) mass is 492 g/mol. The van der Waals surface area contributed by atoms with Crippen LogP contribution in [0.5, 0.6) is 11.5 Å². The fraction of sp³-hybridized carbons (Fsp3) is 0.233. The highest BCUT2D eigenvalue weighted by atomic mass is 16.5. The summed E-state index contributed by atoms with van der Waals surface area (Å²) in [5.41, 5.74) is 6.67. The Morgan fingerprint density at radius 3 is 2.49 bits per heavy atom. The molecule has 1 aliphatic heterocycles. The van der Waals surface area contributed by atoms with Gasteiger partial charge in [0, 0.05) is 41.6 Å². The van der Waals surface area contributed by atoms with Gasteiger partial charge in [-0.3, -0.25) is 9.78 Å². The topological polar surface area (TPSA) is 78.3 Å². The van der Waals surface area contributed by atoms with Gasteiger partial charge < -0.3 is 14.8 Å². The van der Waals surface area contributed by atoms with Crippen LogP contribution in [-0.4, -0.2) is 34.8 Å². The number of rotatable bonds is 5. The van der Waals surface area contributed by atoms with Crippen molar-refractivity contribution in [3.8, 4) is 17.2 Å². The number of hydrogen-bond donors (Lipinski definition) is 1. The molecule has 3 heterocycles. The predicted molar refractivity (Wildman–Crippen MR) is 142 cm³/mol. The zero-order chi connectivity index (χ0) is 25.5. The Morgan fingerprint density at radius 2 is 1.76 bits per heavy atom. The smallest absolute Gasteiger partial charge is 0.162 e. The van der Waals surface area contributed by atoms with Gasteiger partial charge in [0.05, 0.1) is 25.6 Å². The molecule has 6 rings (SSSR count). The maximum Gasteiger partial charge on any atom is 0.162 e. The van der Waals surface area contributed by atoms with Crippen molar-refractivity contribution >= 4 is 11.6 Å². The number of methoxy groups -OCH3 is 2. The second kappa shape index (κ2) is 9.24. The molecule has 0 unspecified atom stereocenters. The number of fused-ring (bicyclic) bond motifs is 1. The van der Waals surface area contributed by atoms with Crippen molar-refractivity contribution in [1.29, 1.82) is 0 Å². The molecule has 2 atom stereocenters. The summed E-state index contributed by atoms with van der Waals surface area (Å²) in [6.45, 7) is 2.01. The molecule has 0 amide bonds. The van der Waals surface area contributed by atoms with Gasteiger partial charge >= 0.3 is 0 Å². The third-order valence-corrected chi connectivity index (χ3v) is 7.36. The molecule has 0 fully saturated rings. The van der Waals surface area contributed by atoms with Crippen molar-refractivity contribution in [2.24, 2.45) is 0 Å². The summed E-state index contributed by atoms with van der Waals surface area (Å²) >= 11 is 0. The molecule has 0 bridgehead atoms. The molecular formula is C30H28N4O3. The molecule has 7 heteroatoms. The summed E-state index contributed by atoms with van der Waals surface area (Å²) in [6, 6.07) is 19.9. The largest absolute Gasteiger partial charge is 0.493 e. The number of carbonyl (C=O) groups excluding carboxylic acids is 1. The van der Waals surface area contributed by atoms with E-state index in [1.165, 1.54) is 0 Å². The molecule has 1 aliphatic carbocycles. The fourth-order valence-corrected chi connectivity index (χ4v) is 5.66. The minimum absolute atomic E-state index is 0.0175. The molecule has 2 aromatic heterocycles. The Balaban J connectivity index is 1.48. The van der Waals surface area contributed by atoms with Crippen molar-refractivity contribution in [3.05, 3.63) is 107 Å². The maximum absolute atomic E-state index is 13.9. The Bertz CT molecular complexity index is 1510. The number of allylic oxidation sites excluding steroid dienone is 2. The Labute approximate surface area is 215 Å². The molecular weight excluding hydrogens is 464 g/mol. The zero-order valence-electron chi connectivity index (χ0n) is 21.1. The first-order valence-electron chi connectivity index (χ1n) is 12.4. The highest BCUT2D eigenvalue weighted by Gasteiger charge is 2.41. The van der Waals surface area contributed by atoms with E-state index < -0.39 is 0 Å². The average molecular weight is 493 g/mol. The van der Waals surface area contributed by atoms with Gasteiger partial charge in [-0.05, 0) is 60.7 Å². The third kappa shape index (κ3) is 3.87. The van der Waals surface area contributed by atoms with E-state index in [2.05, 4.69) is 10.3 Å². The van der Waals surface area contributed by atoms with Gasteiger partial charge in [0.1, 0.15) is 5.82 Å². The van der Waals surface area contributed by atoms with Crippen molar-refractivity contribution in [3.63, 3.8) is 0 Å². The molecule has 37 heavy (non-hydrogen) atoms. The number of nitrogens with one attached hydrogen (secondary N) is 1. The van der Waals surface area contributed by atoms with Crippen LogP contribution < -0.4 is 14.8 Å². The quantitative estimate of drug-likeness (QED) is 0.394. The summed E-state index contributed by atoms with van der Waals surface area (Å²) in [5, 5.41) is 8.56. The molecule has 0 saturated carbocycles. The molecule has 1 N–H and O–H groups in total. The number of aromatic nitrogens is 3. The van der Waals surface area contributed by atoms with Gasteiger partial charge in [0.2, 0.25) is 0 Å². The summed E-state index contributed by atoms with van der Waals surface area (Å²) < 4.78 is 12.9. The van der Waals surface area contributed by atoms with E-state index in [0.29, 0.717) is 24.3 Å². The lowest BCUT2D eigenvalue weighted by molar-refractivity contribution is -0.116. The summed E-state index contributed by atoms with van der Waals surface area (Å²) in [6.07, 6.45) is 4.74. The molecule has 0 saturated heterocycles. The SMILES string of the molecule is COc1ccc([C@H]2CC(=O)C3=C(C2)Nc2c(c(C)nn2-c2ccccc2)[C@@H]3c2cccnc2)cc1OC. The average Bonchev–Trinajstić information content (AvgIpc) is 3.28. The highest BCUT2D eigenvalue weighted by Crippen LogP contribution is 2.49. The Hall–Kier alpha value is -4.39. The van der Waals surface area contributed by atoms with Gasteiger partial charge in [-0.1, -0.05) is 30.3 Å². The molecule has 7 nitrogen and oxygen atoms in total. The first-order valence-corrected chi connectivity index (χ1v) is 12.4. The lowest BCUT2D eigenvalue weighted by atomic mass is 9.72. The van der Waals surface area contributed by atoms with Crippen molar-refractivity contribution in [1.82, 2.24) is 14.8 Å². The van der Waals surface area contributed by atoms with Crippen LogP contribution in [0.4, 0.5) is 5.82 Å². The minimum Gasteiger partial charge on any atom is -0.493 e. The number of para-hydroxylation sites is 1. The Morgan fingerprint density at radius 1 is 0.946 bits per heavy atom. The molecule has 2 aliphatic rings. The Kier molecular flexibility index (Phi) is 5.75. The summed E-state index contributed by atoms with van der Waals surface area (Å²) in [7, 11) is 3.25.